The van der Waals surface area contributed by atoms with E-state index in [1.165, 1.54) is 16.7 Å². The summed E-state index contributed by atoms with van der Waals surface area (Å²) in [6.45, 7) is 8.12. The van der Waals surface area contributed by atoms with Crippen molar-refractivity contribution < 1.29 is 23.0 Å². The van der Waals surface area contributed by atoms with Gasteiger partial charge in [-0.3, -0.25) is 9.36 Å². The summed E-state index contributed by atoms with van der Waals surface area (Å²) in [6.07, 6.45) is -0.827. The van der Waals surface area contributed by atoms with Gasteiger partial charge in [0.2, 0.25) is 0 Å². The monoisotopic (exact) mass is 672 g/mol. The minimum Gasteiger partial charge on any atom is -0.444 e. The average Bonchev–Trinajstić information content (AvgIpc) is 2.92. The fraction of sp³-hybridized carbons (Fsp3) is 0.323. The molecule has 0 radical (unpaired) electrons. The van der Waals surface area contributed by atoms with Gasteiger partial charge in [-0.05, 0) is 92.9 Å². The van der Waals surface area contributed by atoms with E-state index in [1.54, 1.807) is 50.9 Å². The Bertz CT molecular complexity index is 1670. The number of amides is 1. The van der Waals surface area contributed by atoms with Gasteiger partial charge >= 0.3 is 6.09 Å². The molecule has 3 aromatic carbocycles. The van der Waals surface area contributed by atoms with Crippen molar-refractivity contribution in [3.05, 3.63) is 98.5 Å². The number of aromatic nitrogens is 2. The Morgan fingerprint density at radius 1 is 1.07 bits per heavy atom. The molecule has 0 spiro atoms. The first-order valence-electron chi connectivity index (χ1n) is 13.7. The van der Waals surface area contributed by atoms with E-state index < -0.39 is 29.4 Å². The Morgan fingerprint density at radius 3 is 2.40 bits per heavy atom. The number of carbonyl (C=O) groups is 1. The van der Waals surface area contributed by atoms with Gasteiger partial charge in [0.25, 0.3) is 5.56 Å². The van der Waals surface area contributed by atoms with Crippen molar-refractivity contribution in [2.45, 2.75) is 43.7 Å². The first kappa shape index (κ1) is 31.1. The highest BCUT2D eigenvalue weighted by atomic mass is 79.9. The quantitative estimate of drug-likeness (QED) is 0.222. The molecule has 1 N–H and O–H groups in total. The van der Waals surface area contributed by atoms with E-state index in [9.17, 15) is 18.4 Å². The van der Waals surface area contributed by atoms with E-state index in [-0.39, 0.29) is 23.4 Å². The summed E-state index contributed by atoms with van der Waals surface area (Å²) in [5.41, 5.74) is 0.0135. The van der Waals surface area contributed by atoms with Crippen LogP contribution in [-0.4, -0.2) is 51.9 Å². The number of alkyl carbamates (subject to hydrolysis) is 1. The smallest absolute Gasteiger partial charge is 0.408 e. The maximum Gasteiger partial charge on any atom is 0.408 e. The molecule has 43 heavy (non-hydrogen) atoms. The third-order valence-electron chi connectivity index (χ3n) is 6.52. The van der Waals surface area contributed by atoms with E-state index in [2.05, 4.69) is 25.6 Å². The van der Waals surface area contributed by atoms with Gasteiger partial charge in [-0.25, -0.2) is 22.9 Å². The van der Waals surface area contributed by atoms with E-state index in [0.717, 1.165) is 24.1 Å². The van der Waals surface area contributed by atoms with Crippen molar-refractivity contribution in [1.82, 2.24) is 19.2 Å². The largest absolute Gasteiger partial charge is 0.444 e. The van der Waals surface area contributed by atoms with Crippen LogP contribution in [0.1, 0.15) is 38.2 Å². The average molecular weight is 674 g/mol. The molecule has 5 rings (SSSR count). The van der Waals surface area contributed by atoms with Gasteiger partial charge in [0.15, 0.2) is 0 Å². The second-order valence-corrected chi connectivity index (χ2v) is 13.2. The molecule has 0 bridgehead atoms. The number of benzene rings is 3. The van der Waals surface area contributed by atoms with Crippen molar-refractivity contribution in [3.63, 3.8) is 0 Å². The molecule has 8 nitrogen and oxygen atoms in total. The van der Waals surface area contributed by atoms with Crippen LogP contribution in [0.2, 0.25) is 0 Å². The minimum absolute atomic E-state index is 0.0646. The fourth-order valence-corrected chi connectivity index (χ4v) is 5.96. The van der Waals surface area contributed by atoms with Crippen LogP contribution in [0.5, 0.6) is 0 Å². The molecule has 1 aliphatic heterocycles. The van der Waals surface area contributed by atoms with Crippen molar-refractivity contribution in [3.8, 4) is 5.69 Å². The van der Waals surface area contributed by atoms with Gasteiger partial charge in [0.05, 0.1) is 35.8 Å². The Kier molecular flexibility index (Phi) is 9.50. The summed E-state index contributed by atoms with van der Waals surface area (Å²) >= 11 is 5.04. The Balaban J connectivity index is 1.62. The number of halogens is 3. The summed E-state index contributed by atoms with van der Waals surface area (Å²) in [5, 5.41) is 3.16. The predicted octanol–water partition coefficient (Wildman–Crippen LogP) is 6.57. The molecule has 1 aliphatic rings. The molecule has 1 aromatic heterocycles. The van der Waals surface area contributed by atoms with Gasteiger partial charge in [0, 0.05) is 34.9 Å². The lowest BCUT2D eigenvalue weighted by molar-refractivity contribution is 0.0500. The summed E-state index contributed by atoms with van der Waals surface area (Å²) in [4.78, 5) is 32.9. The Hall–Kier alpha value is -3.32. The SMILES string of the molecule is CC(C)(C)OC(=O)NC(Cc1cc(F)cc(F)c1)c1nc2cc(Br)ccc2c(=O)n1-c1ccc(SN2CCOCC2)cc1. The van der Waals surface area contributed by atoms with E-state index >= 15 is 0 Å². The number of carbonyl (C=O) groups excluding carboxylic acids is 1. The van der Waals surface area contributed by atoms with Crippen LogP contribution in [0.3, 0.4) is 0 Å². The molecule has 226 valence electrons. The van der Waals surface area contributed by atoms with Crippen LogP contribution in [0.4, 0.5) is 13.6 Å². The molecule has 1 amide bonds. The van der Waals surface area contributed by atoms with Gasteiger partial charge < -0.3 is 14.8 Å². The third kappa shape index (κ3) is 7.99. The number of hydrogen-bond acceptors (Lipinski definition) is 7. The van der Waals surface area contributed by atoms with Crippen LogP contribution in [-0.2, 0) is 15.9 Å². The molecule has 1 atom stereocenters. The molecular weight excluding hydrogens is 642 g/mol. The second kappa shape index (κ2) is 13.1. The Labute approximate surface area is 260 Å². The molecule has 1 saturated heterocycles. The predicted molar refractivity (Wildman–Crippen MR) is 165 cm³/mol. The zero-order chi connectivity index (χ0) is 30.7. The summed E-state index contributed by atoms with van der Waals surface area (Å²) in [7, 11) is 0. The zero-order valence-corrected chi connectivity index (χ0v) is 26.3. The highest BCUT2D eigenvalue weighted by Gasteiger charge is 2.27. The van der Waals surface area contributed by atoms with Crippen molar-refractivity contribution in [2.75, 3.05) is 26.3 Å². The number of nitrogens with zero attached hydrogens (tertiary/aromatic N) is 3. The molecule has 1 fully saturated rings. The van der Waals surface area contributed by atoms with Gasteiger partial charge in [0.1, 0.15) is 23.1 Å². The van der Waals surface area contributed by atoms with Crippen molar-refractivity contribution in [2.24, 2.45) is 0 Å². The standard InChI is InChI=1S/C31H31BrF2N4O4S/c1-31(2,3)42-30(40)36-27(16-19-14-21(33)18-22(34)15-19)28-35-26-17-20(32)4-9-25(26)29(39)38(28)23-5-7-24(8-6-23)43-37-10-12-41-13-11-37/h4-9,14-15,17-18,27H,10-13,16H2,1-3H3,(H,36,40). The van der Waals surface area contributed by atoms with Gasteiger partial charge in [-0.15, -0.1) is 0 Å². The lowest BCUT2D eigenvalue weighted by Crippen LogP contribution is -2.39. The molecule has 12 heteroatoms. The fourth-order valence-electron chi connectivity index (χ4n) is 4.72. The van der Waals surface area contributed by atoms with E-state index in [0.29, 0.717) is 34.3 Å². The number of nitrogens with one attached hydrogen (secondary N) is 1. The summed E-state index contributed by atoms with van der Waals surface area (Å²) in [6, 6.07) is 14.7. The zero-order valence-electron chi connectivity index (χ0n) is 23.9. The lowest BCUT2D eigenvalue weighted by Gasteiger charge is -2.26. The molecular formula is C31H31BrF2N4O4S. The van der Waals surface area contributed by atoms with Crippen LogP contribution < -0.4 is 10.9 Å². The Morgan fingerprint density at radius 2 is 1.74 bits per heavy atom. The van der Waals surface area contributed by atoms with Gasteiger partial charge in [-0.1, -0.05) is 15.9 Å². The maximum atomic E-state index is 14.2. The minimum atomic E-state index is -0.991. The highest BCUT2D eigenvalue weighted by molar-refractivity contribution is 9.10. The number of rotatable bonds is 7. The normalized spacial score (nSPS) is 14.9. The number of hydrogen-bond donors (Lipinski definition) is 1. The van der Waals surface area contributed by atoms with Crippen LogP contribution in [0, 0.1) is 11.6 Å². The number of fused-ring (bicyclic) bond motifs is 1. The summed E-state index contributed by atoms with van der Waals surface area (Å²) < 4.78 is 43.7. The van der Waals surface area contributed by atoms with E-state index in [4.69, 9.17) is 14.5 Å². The molecule has 0 saturated carbocycles. The van der Waals surface area contributed by atoms with Gasteiger partial charge in [-0.2, -0.15) is 0 Å². The second-order valence-electron chi connectivity index (χ2n) is 11.1. The van der Waals surface area contributed by atoms with Crippen LogP contribution in [0.15, 0.2) is 74.8 Å². The molecule has 2 heterocycles. The maximum absolute atomic E-state index is 14.2. The van der Waals surface area contributed by atoms with Crippen molar-refractivity contribution in [1.29, 1.82) is 0 Å². The summed E-state index contributed by atoms with van der Waals surface area (Å²) in [5.74, 6) is -1.33. The van der Waals surface area contributed by atoms with Crippen molar-refractivity contribution >= 4 is 44.9 Å². The van der Waals surface area contributed by atoms with Crippen LogP contribution in [0.25, 0.3) is 16.6 Å². The lowest BCUT2D eigenvalue weighted by atomic mass is 10.0. The molecule has 4 aromatic rings. The highest BCUT2D eigenvalue weighted by Crippen LogP contribution is 2.28. The third-order valence-corrected chi connectivity index (χ3v) is 8.12. The first-order valence-corrected chi connectivity index (χ1v) is 15.3. The first-order chi connectivity index (χ1) is 20.4. The van der Waals surface area contributed by atoms with E-state index in [1.807, 2.05) is 24.3 Å². The number of morpholine rings is 1. The number of ether oxygens (including phenoxy) is 2. The van der Waals surface area contributed by atoms with Crippen LogP contribution >= 0.6 is 27.9 Å². The molecule has 0 aliphatic carbocycles. The molecule has 1 unspecified atom stereocenters. The topological polar surface area (TPSA) is 85.7 Å².